The van der Waals surface area contributed by atoms with Crippen molar-refractivity contribution in [1.82, 2.24) is 14.8 Å². The Balaban J connectivity index is 1.39. The molecule has 1 aliphatic rings. The summed E-state index contributed by atoms with van der Waals surface area (Å²) in [5, 5.41) is 12.5. The minimum atomic E-state index is -0.829. The first kappa shape index (κ1) is 23.7. The van der Waals surface area contributed by atoms with Crippen molar-refractivity contribution in [2.24, 2.45) is 0 Å². The molecule has 6 nitrogen and oxygen atoms in total. The van der Waals surface area contributed by atoms with Crippen LogP contribution in [0, 0.1) is 5.82 Å². The van der Waals surface area contributed by atoms with Gasteiger partial charge in [-0.2, -0.15) is 0 Å². The Morgan fingerprint density at radius 1 is 1.39 bits per heavy atom. The molecule has 33 heavy (non-hydrogen) atoms. The highest BCUT2D eigenvalue weighted by Gasteiger charge is 2.31. The molecule has 0 bridgehead atoms. The maximum atomic E-state index is 14.5. The standard InChI is InChI=1S/C24H26FN3O3S2/c1-31-17-6-7-21-19(14-17)18(20(25)15-26-21)4-2-8-28-10-9-27(16-22(28)24(29)30)11-13-33-23-5-3-12-32-23/h2-7,12,14-15,22H,8-11,13,16H2,1H3,(H,29,30)/b4-2-/t22-/m1/s1. The lowest BCUT2D eigenvalue weighted by molar-refractivity contribution is -0.145. The average molecular weight is 488 g/mol. The smallest absolute Gasteiger partial charge is 0.322 e. The molecule has 0 aliphatic carbocycles. The van der Waals surface area contributed by atoms with Gasteiger partial charge in [0.15, 0.2) is 0 Å². The highest BCUT2D eigenvalue weighted by Crippen LogP contribution is 2.26. The van der Waals surface area contributed by atoms with Crippen molar-refractivity contribution in [2.45, 2.75) is 10.3 Å². The lowest BCUT2D eigenvalue weighted by Crippen LogP contribution is -2.56. The van der Waals surface area contributed by atoms with E-state index in [0.717, 1.165) is 18.8 Å². The van der Waals surface area contributed by atoms with Crippen LogP contribution in [0.1, 0.15) is 5.56 Å². The molecule has 0 amide bonds. The zero-order valence-corrected chi connectivity index (χ0v) is 19.9. The second kappa shape index (κ2) is 11.1. The first-order valence-electron chi connectivity index (χ1n) is 10.7. The minimum absolute atomic E-state index is 0.421. The minimum Gasteiger partial charge on any atom is -0.497 e. The number of ether oxygens (including phenoxy) is 1. The van der Waals surface area contributed by atoms with E-state index < -0.39 is 17.8 Å². The Morgan fingerprint density at radius 2 is 2.27 bits per heavy atom. The molecule has 2 aromatic heterocycles. The molecule has 1 saturated heterocycles. The SMILES string of the molecule is COc1ccc2ncc(F)c(/C=C\CN3CCN(CCSc4cccs4)C[C@@H]3C(=O)O)c2c1. The van der Waals surface area contributed by atoms with Gasteiger partial charge in [0.1, 0.15) is 17.6 Å². The van der Waals surface area contributed by atoms with Crippen molar-refractivity contribution in [3.05, 3.63) is 59.4 Å². The van der Waals surface area contributed by atoms with Gasteiger partial charge in [0.2, 0.25) is 0 Å². The van der Waals surface area contributed by atoms with E-state index in [9.17, 15) is 14.3 Å². The monoisotopic (exact) mass is 487 g/mol. The molecule has 0 saturated carbocycles. The number of pyridine rings is 1. The number of hydrogen-bond donors (Lipinski definition) is 1. The number of halogens is 1. The topological polar surface area (TPSA) is 65.9 Å². The summed E-state index contributed by atoms with van der Waals surface area (Å²) >= 11 is 3.53. The van der Waals surface area contributed by atoms with Crippen LogP contribution < -0.4 is 4.74 Å². The van der Waals surface area contributed by atoms with E-state index in [0.29, 0.717) is 41.9 Å². The molecular formula is C24H26FN3O3S2. The number of aliphatic carboxylic acids is 1. The Morgan fingerprint density at radius 3 is 3.03 bits per heavy atom. The third-order valence-electron chi connectivity index (χ3n) is 5.70. The molecular weight excluding hydrogens is 461 g/mol. The number of thioether (sulfide) groups is 1. The van der Waals surface area contributed by atoms with Gasteiger partial charge >= 0.3 is 5.97 Å². The largest absolute Gasteiger partial charge is 0.497 e. The van der Waals surface area contributed by atoms with E-state index in [1.54, 1.807) is 54.5 Å². The van der Waals surface area contributed by atoms with Crippen molar-refractivity contribution in [2.75, 3.05) is 45.6 Å². The van der Waals surface area contributed by atoms with Crippen LogP contribution in [0.4, 0.5) is 4.39 Å². The van der Waals surface area contributed by atoms with Crippen LogP contribution in [0.3, 0.4) is 0 Å². The van der Waals surface area contributed by atoms with Gasteiger partial charge in [0, 0.05) is 49.4 Å². The van der Waals surface area contributed by atoms with E-state index in [4.69, 9.17) is 4.74 Å². The zero-order valence-electron chi connectivity index (χ0n) is 18.3. The molecule has 1 aliphatic heterocycles. The van der Waals surface area contributed by atoms with Crippen molar-refractivity contribution >= 4 is 46.0 Å². The molecule has 174 valence electrons. The Hall–Kier alpha value is -2.46. The second-order valence-electron chi connectivity index (χ2n) is 7.74. The molecule has 1 atom stereocenters. The third kappa shape index (κ3) is 5.92. The van der Waals surface area contributed by atoms with Crippen molar-refractivity contribution < 1.29 is 19.0 Å². The molecule has 1 fully saturated rings. The van der Waals surface area contributed by atoms with E-state index in [2.05, 4.69) is 21.3 Å². The van der Waals surface area contributed by atoms with Crippen LogP contribution in [0.25, 0.3) is 17.0 Å². The lowest BCUT2D eigenvalue weighted by Gasteiger charge is -2.38. The number of carbonyl (C=O) groups is 1. The summed E-state index contributed by atoms with van der Waals surface area (Å²) in [6, 6.07) is 8.90. The van der Waals surface area contributed by atoms with Crippen LogP contribution in [-0.2, 0) is 4.79 Å². The molecule has 3 aromatic rings. The zero-order chi connectivity index (χ0) is 23.2. The van der Waals surface area contributed by atoms with Crippen LogP contribution in [-0.4, -0.2) is 77.5 Å². The second-order valence-corrected chi connectivity index (χ2v) is 10.1. The fraction of sp³-hybridized carbons (Fsp3) is 0.333. The highest BCUT2D eigenvalue weighted by atomic mass is 32.2. The van der Waals surface area contributed by atoms with E-state index in [1.807, 2.05) is 17.0 Å². The van der Waals surface area contributed by atoms with Crippen molar-refractivity contribution in [3.63, 3.8) is 0 Å². The maximum absolute atomic E-state index is 14.5. The molecule has 0 radical (unpaired) electrons. The molecule has 3 heterocycles. The quantitative estimate of drug-likeness (QED) is 0.451. The predicted molar refractivity (Wildman–Crippen MR) is 132 cm³/mol. The fourth-order valence-corrected chi connectivity index (χ4v) is 5.79. The average Bonchev–Trinajstić information content (AvgIpc) is 3.34. The number of piperazine rings is 1. The van der Waals surface area contributed by atoms with Gasteiger partial charge < -0.3 is 9.84 Å². The summed E-state index contributed by atoms with van der Waals surface area (Å²) in [5.41, 5.74) is 1.10. The van der Waals surface area contributed by atoms with Gasteiger partial charge in [-0.3, -0.25) is 19.6 Å². The fourth-order valence-electron chi connectivity index (χ4n) is 3.92. The molecule has 4 rings (SSSR count). The Kier molecular flexibility index (Phi) is 7.97. The highest BCUT2D eigenvalue weighted by molar-refractivity contribution is 8.01. The number of methoxy groups -OCH3 is 1. The van der Waals surface area contributed by atoms with Gasteiger partial charge in [0.05, 0.1) is 23.0 Å². The number of fused-ring (bicyclic) bond motifs is 1. The van der Waals surface area contributed by atoms with Crippen molar-refractivity contribution in [3.8, 4) is 5.75 Å². The molecule has 9 heteroatoms. The first-order chi connectivity index (χ1) is 16.0. The van der Waals surface area contributed by atoms with Gasteiger partial charge in [-0.15, -0.1) is 23.1 Å². The summed E-state index contributed by atoms with van der Waals surface area (Å²) < 4.78 is 21.1. The maximum Gasteiger partial charge on any atom is 0.322 e. The van der Waals surface area contributed by atoms with Gasteiger partial charge in [-0.05, 0) is 29.6 Å². The number of carboxylic acid groups (broad SMARTS) is 1. The number of nitrogens with zero attached hydrogens (tertiary/aromatic N) is 3. The van der Waals surface area contributed by atoms with Gasteiger partial charge in [-0.1, -0.05) is 18.2 Å². The summed E-state index contributed by atoms with van der Waals surface area (Å²) in [4.78, 5) is 20.2. The van der Waals surface area contributed by atoms with Gasteiger partial charge in [-0.25, -0.2) is 4.39 Å². The number of carboxylic acids is 1. The predicted octanol–water partition coefficient (Wildman–Crippen LogP) is 4.32. The summed E-state index contributed by atoms with van der Waals surface area (Å²) in [6.07, 6.45) is 4.75. The van der Waals surface area contributed by atoms with E-state index in [1.165, 1.54) is 10.4 Å². The molecule has 0 spiro atoms. The normalized spacial score (nSPS) is 17.7. The lowest BCUT2D eigenvalue weighted by atomic mass is 10.1. The van der Waals surface area contributed by atoms with E-state index >= 15 is 0 Å². The van der Waals surface area contributed by atoms with Crippen LogP contribution in [0.5, 0.6) is 5.75 Å². The summed E-state index contributed by atoms with van der Waals surface area (Å²) in [7, 11) is 1.57. The number of benzene rings is 1. The number of aromatic nitrogens is 1. The summed E-state index contributed by atoms with van der Waals surface area (Å²) in [6.45, 7) is 3.23. The van der Waals surface area contributed by atoms with Crippen LogP contribution in [0.15, 0.2) is 52.2 Å². The van der Waals surface area contributed by atoms with E-state index in [-0.39, 0.29) is 0 Å². The molecule has 1 N–H and O–H groups in total. The third-order valence-corrected chi connectivity index (χ3v) is 7.81. The number of rotatable bonds is 9. The molecule has 0 unspecified atom stereocenters. The summed E-state index contributed by atoms with van der Waals surface area (Å²) in [5.74, 6) is 0.313. The van der Waals surface area contributed by atoms with Crippen molar-refractivity contribution in [1.29, 1.82) is 0 Å². The Bertz CT molecular complexity index is 1120. The van der Waals surface area contributed by atoms with Crippen LogP contribution in [0.2, 0.25) is 0 Å². The number of thiophene rings is 1. The Labute approximate surface area is 200 Å². The number of hydrogen-bond acceptors (Lipinski definition) is 7. The van der Waals surface area contributed by atoms with Gasteiger partial charge in [0.25, 0.3) is 0 Å². The van der Waals surface area contributed by atoms with Crippen LogP contribution >= 0.6 is 23.1 Å². The first-order valence-corrected chi connectivity index (χ1v) is 12.6. The molecule has 1 aromatic carbocycles.